The van der Waals surface area contributed by atoms with Crippen molar-refractivity contribution in [3.05, 3.63) is 0 Å². The number of oxime groups is 1. The molecule has 0 rings (SSSR count). The van der Waals surface area contributed by atoms with E-state index in [0.29, 0.717) is 0 Å². The first-order valence-electron chi connectivity index (χ1n) is 4.62. The van der Waals surface area contributed by atoms with Crippen LogP contribution in [-0.2, 0) is 14.6 Å². The zero-order valence-corrected chi connectivity index (χ0v) is 10.3. The highest BCUT2D eigenvalue weighted by atomic mass is 32.2. The monoisotopic (exact) mass is 251 g/mol. The third kappa shape index (κ3) is 5.54. The Labute approximate surface area is 94.6 Å². The molecule has 0 saturated heterocycles. The van der Waals surface area contributed by atoms with E-state index in [0.717, 1.165) is 6.26 Å². The SMILES string of the molecule is CC(C)C(NC(=O)CS(C)(=O)=O)C(N)=NO. The van der Waals surface area contributed by atoms with Gasteiger partial charge in [0.1, 0.15) is 5.75 Å². The zero-order valence-electron chi connectivity index (χ0n) is 9.47. The van der Waals surface area contributed by atoms with Crippen LogP contribution in [0.1, 0.15) is 13.8 Å². The summed E-state index contributed by atoms with van der Waals surface area (Å²) in [6.45, 7) is 3.51. The van der Waals surface area contributed by atoms with E-state index in [2.05, 4.69) is 10.5 Å². The van der Waals surface area contributed by atoms with Crippen molar-refractivity contribution >= 4 is 21.6 Å². The van der Waals surface area contributed by atoms with Crippen LogP contribution in [0.15, 0.2) is 5.16 Å². The van der Waals surface area contributed by atoms with Gasteiger partial charge < -0.3 is 16.3 Å². The molecule has 0 spiro atoms. The van der Waals surface area contributed by atoms with Crippen LogP contribution in [0.25, 0.3) is 0 Å². The van der Waals surface area contributed by atoms with Crippen molar-refractivity contribution in [2.75, 3.05) is 12.0 Å². The zero-order chi connectivity index (χ0) is 12.9. The molecule has 0 aromatic rings. The summed E-state index contributed by atoms with van der Waals surface area (Å²) in [7, 11) is -3.38. The fourth-order valence-electron chi connectivity index (χ4n) is 1.10. The van der Waals surface area contributed by atoms with Gasteiger partial charge in [-0.15, -0.1) is 0 Å². The molecule has 0 aliphatic rings. The number of carbonyl (C=O) groups excluding carboxylic acids is 1. The summed E-state index contributed by atoms with van der Waals surface area (Å²) in [6.07, 6.45) is 0.959. The Morgan fingerprint density at radius 3 is 2.31 bits per heavy atom. The third-order valence-electron chi connectivity index (χ3n) is 1.81. The Balaban J connectivity index is 4.61. The number of nitrogens with one attached hydrogen (secondary N) is 1. The average molecular weight is 251 g/mol. The van der Waals surface area contributed by atoms with Crippen LogP contribution >= 0.6 is 0 Å². The van der Waals surface area contributed by atoms with Crippen molar-refractivity contribution < 1.29 is 18.4 Å². The summed E-state index contributed by atoms with van der Waals surface area (Å²) < 4.78 is 21.7. The number of hydrogen-bond donors (Lipinski definition) is 3. The molecule has 0 aliphatic heterocycles. The molecule has 1 amide bonds. The van der Waals surface area contributed by atoms with Gasteiger partial charge in [-0.2, -0.15) is 0 Å². The second-order valence-corrected chi connectivity index (χ2v) is 6.02. The normalized spacial score (nSPS) is 14.9. The smallest absolute Gasteiger partial charge is 0.235 e. The number of amidine groups is 1. The minimum Gasteiger partial charge on any atom is -0.409 e. The molecule has 0 aliphatic carbocycles. The highest BCUT2D eigenvalue weighted by Gasteiger charge is 2.22. The highest BCUT2D eigenvalue weighted by Crippen LogP contribution is 2.01. The van der Waals surface area contributed by atoms with E-state index in [1.807, 2.05) is 0 Å². The van der Waals surface area contributed by atoms with Gasteiger partial charge in [0, 0.05) is 6.26 Å². The van der Waals surface area contributed by atoms with E-state index >= 15 is 0 Å². The standard InChI is InChI=1S/C8H17N3O4S/c1-5(2)7(8(9)11-13)10-6(12)4-16(3,14)15/h5,7,13H,4H2,1-3H3,(H2,9,11)(H,10,12). The van der Waals surface area contributed by atoms with Gasteiger partial charge in [-0.25, -0.2) is 8.42 Å². The largest absolute Gasteiger partial charge is 0.409 e. The van der Waals surface area contributed by atoms with Crippen molar-refractivity contribution in [1.82, 2.24) is 5.32 Å². The predicted octanol–water partition coefficient (Wildman–Crippen LogP) is -1.08. The molecule has 0 saturated carbocycles. The Bertz CT molecular complexity index is 375. The first-order chi connectivity index (χ1) is 7.17. The summed E-state index contributed by atoms with van der Waals surface area (Å²) in [5, 5.41) is 13.7. The van der Waals surface area contributed by atoms with Gasteiger partial charge in [0.15, 0.2) is 15.7 Å². The number of hydrogen-bond acceptors (Lipinski definition) is 5. The number of nitrogens with zero attached hydrogens (tertiary/aromatic N) is 1. The van der Waals surface area contributed by atoms with E-state index in [1.165, 1.54) is 0 Å². The molecule has 1 atom stereocenters. The first-order valence-corrected chi connectivity index (χ1v) is 6.68. The lowest BCUT2D eigenvalue weighted by atomic mass is 10.0. The summed E-state index contributed by atoms with van der Waals surface area (Å²) in [4.78, 5) is 11.3. The molecule has 0 bridgehead atoms. The number of nitrogens with two attached hydrogens (primary N) is 1. The maximum Gasteiger partial charge on any atom is 0.235 e. The maximum atomic E-state index is 11.3. The fourth-order valence-corrected chi connectivity index (χ4v) is 1.66. The van der Waals surface area contributed by atoms with Crippen molar-refractivity contribution in [2.45, 2.75) is 19.9 Å². The third-order valence-corrected chi connectivity index (χ3v) is 2.60. The molecular weight excluding hydrogens is 234 g/mol. The molecule has 94 valence electrons. The molecule has 0 aromatic carbocycles. The Kier molecular flexibility index (Phi) is 5.22. The van der Waals surface area contributed by atoms with E-state index in [-0.39, 0.29) is 11.8 Å². The summed E-state index contributed by atoms with van der Waals surface area (Å²) in [5.41, 5.74) is 5.37. The lowest BCUT2D eigenvalue weighted by Crippen LogP contribution is -2.49. The number of amides is 1. The highest BCUT2D eigenvalue weighted by molar-refractivity contribution is 7.91. The van der Waals surface area contributed by atoms with Crippen molar-refractivity contribution in [1.29, 1.82) is 0 Å². The fraction of sp³-hybridized carbons (Fsp3) is 0.750. The number of sulfone groups is 1. The maximum absolute atomic E-state index is 11.3. The molecule has 16 heavy (non-hydrogen) atoms. The number of rotatable bonds is 5. The second-order valence-electron chi connectivity index (χ2n) is 3.88. The van der Waals surface area contributed by atoms with Gasteiger partial charge in [0.25, 0.3) is 0 Å². The van der Waals surface area contributed by atoms with Gasteiger partial charge in [-0.3, -0.25) is 4.79 Å². The molecular formula is C8H17N3O4S. The van der Waals surface area contributed by atoms with Crippen LogP contribution in [0.4, 0.5) is 0 Å². The summed E-state index contributed by atoms with van der Waals surface area (Å²) in [6, 6.07) is -0.681. The second kappa shape index (κ2) is 5.69. The summed E-state index contributed by atoms with van der Waals surface area (Å²) >= 11 is 0. The van der Waals surface area contributed by atoms with Crippen LogP contribution in [-0.4, -0.2) is 43.4 Å². The first kappa shape index (κ1) is 14.7. The van der Waals surface area contributed by atoms with Crippen LogP contribution < -0.4 is 11.1 Å². The Morgan fingerprint density at radius 1 is 1.50 bits per heavy atom. The van der Waals surface area contributed by atoms with Gasteiger partial charge in [0.05, 0.1) is 6.04 Å². The number of carbonyl (C=O) groups is 1. The molecule has 0 radical (unpaired) electrons. The van der Waals surface area contributed by atoms with Gasteiger partial charge in [-0.1, -0.05) is 19.0 Å². The van der Waals surface area contributed by atoms with Crippen LogP contribution in [0.5, 0.6) is 0 Å². The Morgan fingerprint density at radius 2 is 2.00 bits per heavy atom. The van der Waals surface area contributed by atoms with Crippen molar-refractivity contribution in [3.8, 4) is 0 Å². The molecule has 0 heterocycles. The van der Waals surface area contributed by atoms with Crippen molar-refractivity contribution in [3.63, 3.8) is 0 Å². The predicted molar refractivity (Wildman–Crippen MR) is 59.9 cm³/mol. The van der Waals surface area contributed by atoms with Gasteiger partial charge >= 0.3 is 0 Å². The quantitative estimate of drug-likeness (QED) is 0.248. The molecule has 1 unspecified atom stereocenters. The van der Waals surface area contributed by atoms with E-state index in [1.54, 1.807) is 13.8 Å². The van der Waals surface area contributed by atoms with Crippen molar-refractivity contribution in [2.24, 2.45) is 16.8 Å². The minimum atomic E-state index is -3.38. The minimum absolute atomic E-state index is 0.112. The molecule has 0 aromatic heterocycles. The topological polar surface area (TPSA) is 122 Å². The van der Waals surface area contributed by atoms with Gasteiger partial charge in [-0.05, 0) is 5.92 Å². The lowest BCUT2D eigenvalue weighted by molar-refractivity contribution is -0.119. The van der Waals surface area contributed by atoms with E-state index in [9.17, 15) is 13.2 Å². The lowest BCUT2D eigenvalue weighted by Gasteiger charge is -2.20. The molecule has 0 fully saturated rings. The summed E-state index contributed by atoms with van der Waals surface area (Å²) in [5.74, 6) is -1.56. The Hall–Kier alpha value is -1.31. The van der Waals surface area contributed by atoms with Crippen LogP contribution in [0.2, 0.25) is 0 Å². The van der Waals surface area contributed by atoms with Crippen LogP contribution in [0, 0.1) is 5.92 Å². The molecule has 7 nitrogen and oxygen atoms in total. The van der Waals surface area contributed by atoms with Crippen LogP contribution in [0.3, 0.4) is 0 Å². The van der Waals surface area contributed by atoms with E-state index < -0.39 is 27.5 Å². The average Bonchev–Trinajstić information content (AvgIpc) is 2.09. The molecule has 8 heteroatoms. The van der Waals surface area contributed by atoms with E-state index in [4.69, 9.17) is 10.9 Å². The van der Waals surface area contributed by atoms with Gasteiger partial charge in [0.2, 0.25) is 5.91 Å². The molecule has 4 N–H and O–H groups in total.